The molecule has 0 spiro atoms. The molecule has 3 heteroatoms. The van der Waals surface area contributed by atoms with Crippen molar-refractivity contribution in [1.29, 1.82) is 5.26 Å². The summed E-state index contributed by atoms with van der Waals surface area (Å²) in [6.45, 7) is 4.40. The van der Waals surface area contributed by atoms with Gasteiger partial charge in [0.05, 0.1) is 17.6 Å². The lowest BCUT2D eigenvalue weighted by molar-refractivity contribution is -0.142. The number of benzene rings is 1. The molecule has 0 aliphatic heterocycles. The summed E-state index contributed by atoms with van der Waals surface area (Å²) in [4.78, 5) is 12.4. The molecule has 3 nitrogen and oxygen atoms in total. The standard InChI is InChI=1S/C19H25NO2/c1-3-4-5-15-8-11-18(14(2)12-15)19(21)22-17-9-6-16(13-20)7-10-17/h6-7,9-10,14-15,18H,3-5,8,11-12H2,1-2H3/t14-,15+,18-/m1/s1. The summed E-state index contributed by atoms with van der Waals surface area (Å²) in [6.07, 6.45) is 7.03. The number of nitriles is 1. The molecule has 1 aromatic carbocycles. The van der Waals surface area contributed by atoms with Crippen LogP contribution in [-0.4, -0.2) is 5.97 Å². The largest absolute Gasteiger partial charge is 0.426 e. The molecular formula is C19H25NO2. The fourth-order valence-corrected chi connectivity index (χ4v) is 3.40. The Balaban J connectivity index is 1.88. The first-order chi connectivity index (χ1) is 10.6. The molecule has 22 heavy (non-hydrogen) atoms. The number of hydrogen-bond donors (Lipinski definition) is 0. The summed E-state index contributed by atoms with van der Waals surface area (Å²) in [7, 11) is 0. The van der Waals surface area contributed by atoms with Crippen LogP contribution >= 0.6 is 0 Å². The van der Waals surface area contributed by atoms with Crippen LogP contribution < -0.4 is 4.74 Å². The number of ether oxygens (including phenoxy) is 1. The molecule has 0 radical (unpaired) electrons. The Labute approximate surface area is 133 Å². The zero-order valence-corrected chi connectivity index (χ0v) is 13.5. The third kappa shape index (κ3) is 4.34. The smallest absolute Gasteiger partial charge is 0.314 e. The van der Waals surface area contributed by atoms with Gasteiger partial charge < -0.3 is 4.74 Å². The highest BCUT2D eigenvalue weighted by molar-refractivity contribution is 5.75. The molecule has 0 N–H and O–H groups in total. The van der Waals surface area contributed by atoms with Gasteiger partial charge in [-0.15, -0.1) is 0 Å². The van der Waals surface area contributed by atoms with Crippen molar-refractivity contribution in [3.63, 3.8) is 0 Å². The first-order valence-corrected chi connectivity index (χ1v) is 8.36. The Bertz CT molecular complexity index is 529. The number of carbonyl (C=O) groups excluding carboxylic acids is 1. The first-order valence-electron chi connectivity index (χ1n) is 8.36. The average molecular weight is 299 g/mol. The van der Waals surface area contributed by atoms with Crippen molar-refractivity contribution in [1.82, 2.24) is 0 Å². The van der Waals surface area contributed by atoms with Gasteiger partial charge in [-0.25, -0.2) is 0 Å². The summed E-state index contributed by atoms with van der Waals surface area (Å²) in [5.74, 6) is 1.58. The topological polar surface area (TPSA) is 50.1 Å². The minimum absolute atomic E-state index is 0.00789. The second-order valence-corrected chi connectivity index (χ2v) is 6.46. The van der Waals surface area contributed by atoms with Gasteiger partial charge in [0.2, 0.25) is 0 Å². The number of nitrogens with zero attached hydrogens (tertiary/aromatic N) is 1. The molecule has 1 aliphatic carbocycles. The van der Waals surface area contributed by atoms with Crippen LogP contribution in [-0.2, 0) is 4.79 Å². The molecule has 1 saturated carbocycles. The predicted octanol–water partition coefficient (Wildman–Crippen LogP) is 4.71. The van der Waals surface area contributed by atoms with Crippen LogP contribution in [0.5, 0.6) is 5.75 Å². The highest BCUT2D eigenvalue weighted by atomic mass is 16.5. The Hall–Kier alpha value is -1.82. The summed E-state index contributed by atoms with van der Waals surface area (Å²) in [5, 5.41) is 8.78. The Morgan fingerprint density at radius 2 is 2.05 bits per heavy atom. The molecule has 1 aromatic rings. The zero-order chi connectivity index (χ0) is 15.9. The fraction of sp³-hybridized carbons (Fsp3) is 0.579. The van der Waals surface area contributed by atoms with E-state index >= 15 is 0 Å². The second-order valence-electron chi connectivity index (χ2n) is 6.46. The van der Waals surface area contributed by atoms with E-state index in [1.165, 1.54) is 19.3 Å². The van der Waals surface area contributed by atoms with E-state index in [9.17, 15) is 4.79 Å². The van der Waals surface area contributed by atoms with Crippen LogP contribution in [0.4, 0.5) is 0 Å². The molecule has 0 bridgehead atoms. The molecule has 0 heterocycles. The van der Waals surface area contributed by atoms with Gasteiger partial charge in [-0.1, -0.05) is 33.1 Å². The fourth-order valence-electron chi connectivity index (χ4n) is 3.40. The average Bonchev–Trinajstić information content (AvgIpc) is 2.53. The molecule has 2 rings (SSSR count). The van der Waals surface area contributed by atoms with Crippen LogP contribution in [0.1, 0.15) is 57.9 Å². The maximum Gasteiger partial charge on any atom is 0.314 e. The number of hydrogen-bond acceptors (Lipinski definition) is 3. The summed E-state index contributed by atoms with van der Waals surface area (Å²) >= 11 is 0. The van der Waals surface area contributed by atoms with E-state index in [1.54, 1.807) is 24.3 Å². The third-order valence-corrected chi connectivity index (χ3v) is 4.75. The Kier molecular flexibility index (Phi) is 6.00. The summed E-state index contributed by atoms with van der Waals surface area (Å²) in [5.41, 5.74) is 0.574. The monoisotopic (exact) mass is 299 g/mol. The lowest BCUT2D eigenvalue weighted by Gasteiger charge is -2.32. The van der Waals surface area contributed by atoms with Gasteiger partial charge in [-0.3, -0.25) is 4.79 Å². The lowest BCUT2D eigenvalue weighted by atomic mass is 9.73. The van der Waals surface area contributed by atoms with Gasteiger partial charge >= 0.3 is 5.97 Å². The van der Waals surface area contributed by atoms with E-state index < -0.39 is 0 Å². The number of unbranched alkanes of at least 4 members (excludes halogenated alkanes) is 1. The lowest BCUT2D eigenvalue weighted by Crippen LogP contribution is -2.32. The van der Waals surface area contributed by atoms with Crippen molar-refractivity contribution in [2.24, 2.45) is 17.8 Å². The maximum absolute atomic E-state index is 12.4. The second kappa shape index (κ2) is 7.98. The summed E-state index contributed by atoms with van der Waals surface area (Å²) < 4.78 is 5.49. The highest BCUT2D eigenvalue weighted by Gasteiger charge is 2.33. The van der Waals surface area contributed by atoms with Crippen LogP contribution in [0.3, 0.4) is 0 Å². The van der Waals surface area contributed by atoms with E-state index in [4.69, 9.17) is 10.00 Å². The van der Waals surface area contributed by atoms with Crippen molar-refractivity contribution < 1.29 is 9.53 Å². The van der Waals surface area contributed by atoms with Crippen LogP contribution in [0.15, 0.2) is 24.3 Å². The van der Waals surface area contributed by atoms with Gasteiger partial charge in [-0.05, 0) is 55.4 Å². The Morgan fingerprint density at radius 3 is 2.64 bits per heavy atom. The number of esters is 1. The van der Waals surface area contributed by atoms with Crippen molar-refractivity contribution >= 4 is 5.97 Å². The molecular weight excluding hydrogens is 274 g/mol. The van der Waals surface area contributed by atoms with Crippen molar-refractivity contribution in [3.8, 4) is 11.8 Å². The molecule has 118 valence electrons. The maximum atomic E-state index is 12.4. The van der Waals surface area contributed by atoms with E-state index in [0.717, 1.165) is 25.2 Å². The van der Waals surface area contributed by atoms with Crippen molar-refractivity contribution in [3.05, 3.63) is 29.8 Å². The van der Waals surface area contributed by atoms with Gasteiger partial charge in [0.25, 0.3) is 0 Å². The molecule has 3 atom stereocenters. The quantitative estimate of drug-likeness (QED) is 0.584. The third-order valence-electron chi connectivity index (χ3n) is 4.75. The van der Waals surface area contributed by atoms with Crippen molar-refractivity contribution in [2.45, 2.75) is 52.4 Å². The van der Waals surface area contributed by atoms with Gasteiger partial charge in [-0.2, -0.15) is 5.26 Å². The van der Waals surface area contributed by atoms with E-state index in [-0.39, 0.29) is 11.9 Å². The molecule has 0 unspecified atom stereocenters. The molecule has 0 amide bonds. The van der Waals surface area contributed by atoms with E-state index in [1.807, 2.05) is 0 Å². The number of carbonyl (C=O) groups is 1. The van der Waals surface area contributed by atoms with E-state index in [2.05, 4.69) is 19.9 Å². The molecule has 1 fully saturated rings. The highest BCUT2D eigenvalue weighted by Crippen LogP contribution is 2.37. The molecule has 0 saturated heterocycles. The van der Waals surface area contributed by atoms with E-state index in [0.29, 0.717) is 17.2 Å². The summed E-state index contributed by atoms with van der Waals surface area (Å²) in [6, 6.07) is 8.78. The Morgan fingerprint density at radius 1 is 1.32 bits per heavy atom. The SMILES string of the molecule is CCCC[C@H]1CC[C@@H](C(=O)Oc2ccc(C#N)cc2)[C@H](C)C1. The van der Waals surface area contributed by atoms with Gasteiger partial charge in [0.1, 0.15) is 5.75 Å². The first kappa shape index (κ1) is 16.5. The van der Waals surface area contributed by atoms with Crippen LogP contribution in [0, 0.1) is 29.1 Å². The zero-order valence-electron chi connectivity index (χ0n) is 13.5. The van der Waals surface area contributed by atoms with Crippen LogP contribution in [0.2, 0.25) is 0 Å². The number of rotatable bonds is 5. The minimum Gasteiger partial charge on any atom is -0.426 e. The van der Waals surface area contributed by atoms with Gasteiger partial charge in [0, 0.05) is 0 Å². The minimum atomic E-state index is -0.119. The molecule has 0 aromatic heterocycles. The van der Waals surface area contributed by atoms with Crippen molar-refractivity contribution in [2.75, 3.05) is 0 Å². The van der Waals surface area contributed by atoms with Crippen LogP contribution in [0.25, 0.3) is 0 Å². The predicted molar refractivity (Wildman–Crippen MR) is 86.3 cm³/mol. The normalized spacial score (nSPS) is 24.5. The van der Waals surface area contributed by atoms with Gasteiger partial charge in [0.15, 0.2) is 0 Å². The molecule has 1 aliphatic rings.